The van der Waals surface area contributed by atoms with Crippen LogP contribution in [-0.4, -0.2) is 35.5 Å². The van der Waals surface area contributed by atoms with Crippen LogP contribution in [0.1, 0.15) is 0 Å². The Morgan fingerprint density at radius 3 is 2.50 bits per heavy atom. The minimum absolute atomic E-state index is 0.331. The van der Waals surface area contributed by atoms with E-state index in [0.29, 0.717) is 16.1 Å². The number of rotatable bonds is 2. The molecule has 6 heteroatoms. The van der Waals surface area contributed by atoms with Crippen molar-refractivity contribution in [2.24, 2.45) is 0 Å². The minimum atomic E-state index is 0.331. The molecule has 0 amide bonds. The number of thioether (sulfide) groups is 1. The quantitative estimate of drug-likeness (QED) is 0.680. The van der Waals surface area contributed by atoms with Crippen molar-refractivity contribution < 1.29 is 0 Å². The fraction of sp³-hybridized carbons (Fsp3) is 0.500. The van der Waals surface area contributed by atoms with E-state index in [2.05, 4.69) is 15.2 Å². The molecule has 0 aliphatic heterocycles. The zero-order valence-corrected chi connectivity index (χ0v) is 8.65. The SMILES string of the molecule is CSc1nnc(Cl)c(N(C)C)n1. The van der Waals surface area contributed by atoms with Crippen molar-refractivity contribution in [3.8, 4) is 0 Å². The van der Waals surface area contributed by atoms with Crippen LogP contribution in [0.4, 0.5) is 5.82 Å². The molecule has 1 aromatic heterocycles. The van der Waals surface area contributed by atoms with Gasteiger partial charge in [0, 0.05) is 14.1 Å². The summed E-state index contributed by atoms with van der Waals surface area (Å²) in [5.74, 6) is 0.649. The lowest BCUT2D eigenvalue weighted by Gasteiger charge is -2.11. The molecule has 66 valence electrons. The molecule has 1 aromatic rings. The third-order valence-corrected chi connectivity index (χ3v) is 2.00. The van der Waals surface area contributed by atoms with E-state index < -0.39 is 0 Å². The number of anilines is 1. The molecule has 0 aromatic carbocycles. The highest BCUT2D eigenvalue weighted by Gasteiger charge is 2.07. The molecule has 0 N–H and O–H groups in total. The molecule has 0 aliphatic rings. The Bertz CT molecular complexity index is 278. The third-order valence-electron chi connectivity index (χ3n) is 1.22. The fourth-order valence-electron chi connectivity index (χ4n) is 0.661. The first-order valence-electron chi connectivity index (χ1n) is 3.26. The third kappa shape index (κ3) is 1.98. The lowest BCUT2D eigenvalue weighted by molar-refractivity contribution is 0.825. The second kappa shape index (κ2) is 3.91. The van der Waals surface area contributed by atoms with Crippen LogP contribution in [0, 0.1) is 0 Å². The Labute approximate surface area is 80.3 Å². The standard InChI is InChI=1S/C6H9ClN4S/c1-11(2)5-4(7)9-10-6(8-5)12-3/h1-3H3. The molecule has 0 atom stereocenters. The molecule has 4 nitrogen and oxygen atoms in total. The fourth-order valence-corrected chi connectivity index (χ4v) is 1.21. The van der Waals surface area contributed by atoms with E-state index in [4.69, 9.17) is 11.6 Å². The summed E-state index contributed by atoms with van der Waals surface area (Å²) in [4.78, 5) is 5.98. The molecule has 0 aliphatic carbocycles. The normalized spacial score (nSPS) is 10.0. The van der Waals surface area contributed by atoms with Gasteiger partial charge in [-0.25, -0.2) is 4.98 Å². The Balaban J connectivity index is 3.08. The van der Waals surface area contributed by atoms with Gasteiger partial charge < -0.3 is 4.90 Å². The lowest BCUT2D eigenvalue weighted by Crippen LogP contribution is -2.13. The molecular weight excluding hydrogens is 196 g/mol. The van der Waals surface area contributed by atoms with Gasteiger partial charge in [-0.1, -0.05) is 23.4 Å². The van der Waals surface area contributed by atoms with Crippen molar-refractivity contribution in [3.63, 3.8) is 0 Å². The average molecular weight is 205 g/mol. The van der Waals surface area contributed by atoms with Crippen LogP contribution < -0.4 is 4.90 Å². The van der Waals surface area contributed by atoms with Gasteiger partial charge in [-0.05, 0) is 6.26 Å². The summed E-state index contributed by atoms with van der Waals surface area (Å²) in [6.07, 6.45) is 1.89. The van der Waals surface area contributed by atoms with Gasteiger partial charge in [0.15, 0.2) is 11.0 Å². The second-order valence-electron chi connectivity index (χ2n) is 2.31. The summed E-state index contributed by atoms with van der Waals surface area (Å²) in [6, 6.07) is 0. The number of nitrogens with zero attached hydrogens (tertiary/aromatic N) is 4. The van der Waals surface area contributed by atoms with E-state index in [9.17, 15) is 0 Å². The van der Waals surface area contributed by atoms with Gasteiger partial charge in [-0.2, -0.15) is 0 Å². The van der Waals surface area contributed by atoms with E-state index in [-0.39, 0.29) is 0 Å². The van der Waals surface area contributed by atoms with Crippen molar-refractivity contribution in [2.75, 3.05) is 25.3 Å². The zero-order chi connectivity index (χ0) is 9.14. The van der Waals surface area contributed by atoms with Crippen LogP contribution >= 0.6 is 23.4 Å². The molecule has 0 fully saturated rings. The van der Waals surface area contributed by atoms with E-state index >= 15 is 0 Å². The first-order chi connectivity index (χ1) is 5.65. The van der Waals surface area contributed by atoms with E-state index in [1.54, 1.807) is 4.90 Å². The van der Waals surface area contributed by atoms with Gasteiger partial charge in [-0.15, -0.1) is 10.2 Å². The lowest BCUT2D eigenvalue weighted by atomic mass is 10.6. The van der Waals surface area contributed by atoms with Crippen LogP contribution in [0.2, 0.25) is 5.15 Å². The maximum Gasteiger partial charge on any atom is 0.210 e. The van der Waals surface area contributed by atoms with Gasteiger partial charge in [0.25, 0.3) is 0 Å². The predicted octanol–water partition coefficient (Wildman–Crippen LogP) is 1.31. The second-order valence-corrected chi connectivity index (χ2v) is 3.44. The largest absolute Gasteiger partial charge is 0.360 e. The van der Waals surface area contributed by atoms with Crippen LogP contribution in [0.25, 0.3) is 0 Å². The molecule has 0 bridgehead atoms. The molecule has 0 spiro atoms. The maximum atomic E-state index is 5.76. The first kappa shape index (κ1) is 9.54. The molecule has 0 radical (unpaired) electrons. The molecular formula is C6H9ClN4S. The van der Waals surface area contributed by atoms with Crippen LogP contribution in [-0.2, 0) is 0 Å². The summed E-state index contributed by atoms with van der Waals surface area (Å²) in [6.45, 7) is 0. The van der Waals surface area contributed by atoms with E-state index in [1.165, 1.54) is 11.8 Å². The molecule has 0 unspecified atom stereocenters. The predicted molar refractivity (Wildman–Crippen MR) is 50.9 cm³/mol. The summed E-state index contributed by atoms with van der Waals surface area (Å²) in [5.41, 5.74) is 0. The smallest absolute Gasteiger partial charge is 0.210 e. The van der Waals surface area contributed by atoms with Crippen LogP contribution in [0.3, 0.4) is 0 Å². The van der Waals surface area contributed by atoms with Gasteiger partial charge in [0.2, 0.25) is 5.16 Å². The molecule has 0 saturated carbocycles. The number of aromatic nitrogens is 3. The summed E-state index contributed by atoms with van der Waals surface area (Å²) in [5, 5.41) is 8.50. The van der Waals surface area contributed by atoms with E-state index in [0.717, 1.165) is 0 Å². The number of hydrogen-bond donors (Lipinski definition) is 0. The van der Waals surface area contributed by atoms with Crippen molar-refractivity contribution >= 4 is 29.2 Å². The highest BCUT2D eigenvalue weighted by atomic mass is 35.5. The summed E-state index contributed by atoms with van der Waals surface area (Å²) < 4.78 is 0. The highest BCUT2D eigenvalue weighted by Crippen LogP contribution is 2.19. The molecule has 1 rings (SSSR count). The Morgan fingerprint density at radius 2 is 2.00 bits per heavy atom. The number of hydrogen-bond acceptors (Lipinski definition) is 5. The van der Waals surface area contributed by atoms with Gasteiger partial charge in [-0.3, -0.25) is 0 Å². The Kier molecular flexibility index (Phi) is 3.11. The van der Waals surface area contributed by atoms with Crippen molar-refractivity contribution in [3.05, 3.63) is 5.15 Å². The van der Waals surface area contributed by atoms with Gasteiger partial charge >= 0.3 is 0 Å². The number of halogens is 1. The van der Waals surface area contributed by atoms with E-state index in [1.807, 2.05) is 20.4 Å². The zero-order valence-electron chi connectivity index (χ0n) is 7.08. The maximum absolute atomic E-state index is 5.76. The minimum Gasteiger partial charge on any atom is -0.360 e. The van der Waals surface area contributed by atoms with Crippen molar-refractivity contribution in [1.29, 1.82) is 0 Å². The molecule has 1 heterocycles. The van der Waals surface area contributed by atoms with Crippen LogP contribution in [0.15, 0.2) is 5.16 Å². The summed E-state index contributed by atoms with van der Waals surface area (Å²) >= 11 is 7.20. The monoisotopic (exact) mass is 204 g/mol. The van der Waals surface area contributed by atoms with Crippen molar-refractivity contribution in [1.82, 2.24) is 15.2 Å². The average Bonchev–Trinajstić information content (AvgIpc) is 2.05. The Morgan fingerprint density at radius 1 is 1.33 bits per heavy atom. The molecule has 0 saturated heterocycles. The first-order valence-corrected chi connectivity index (χ1v) is 4.87. The van der Waals surface area contributed by atoms with Crippen LogP contribution in [0.5, 0.6) is 0 Å². The highest BCUT2D eigenvalue weighted by molar-refractivity contribution is 7.98. The molecule has 12 heavy (non-hydrogen) atoms. The topological polar surface area (TPSA) is 41.9 Å². The van der Waals surface area contributed by atoms with Gasteiger partial charge in [0.1, 0.15) is 0 Å². The Hall–Kier alpha value is -0.550. The summed E-state index contributed by atoms with van der Waals surface area (Å²) in [7, 11) is 3.72. The van der Waals surface area contributed by atoms with Gasteiger partial charge in [0.05, 0.1) is 0 Å². The van der Waals surface area contributed by atoms with Crippen molar-refractivity contribution in [2.45, 2.75) is 5.16 Å².